The van der Waals surface area contributed by atoms with Crippen molar-refractivity contribution < 1.29 is 23.9 Å². The first-order valence-electron chi connectivity index (χ1n) is 11.1. The van der Waals surface area contributed by atoms with E-state index in [1.165, 1.54) is 0 Å². The fourth-order valence-electron chi connectivity index (χ4n) is 3.51. The number of carbonyl (C=O) groups is 3. The maximum Gasteiger partial charge on any atom is 0.294 e. The van der Waals surface area contributed by atoms with Gasteiger partial charge in [-0.05, 0) is 97.7 Å². The molecule has 38 heavy (non-hydrogen) atoms. The molecule has 4 rings (SSSR count). The van der Waals surface area contributed by atoms with Gasteiger partial charge in [-0.3, -0.25) is 19.3 Å². The first kappa shape index (κ1) is 27.4. The van der Waals surface area contributed by atoms with Crippen molar-refractivity contribution in [1.82, 2.24) is 4.90 Å². The molecule has 0 bridgehead atoms. The largest absolute Gasteiger partial charge is 0.497 e. The number of benzene rings is 3. The molecule has 192 valence electrons. The summed E-state index contributed by atoms with van der Waals surface area (Å²) in [5.74, 6) is 0.119. The molecule has 3 aromatic carbocycles. The Morgan fingerprint density at radius 3 is 2.45 bits per heavy atom. The van der Waals surface area contributed by atoms with Gasteiger partial charge in [0, 0.05) is 11.3 Å². The van der Waals surface area contributed by atoms with E-state index < -0.39 is 23.6 Å². The molecule has 0 unspecified atom stereocenters. The van der Waals surface area contributed by atoms with E-state index in [1.807, 2.05) is 12.1 Å². The number of anilines is 1. The summed E-state index contributed by atoms with van der Waals surface area (Å²) < 4.78 is 12.3. The molecule has 8 nitrogen and oxygen atoms in total. The third-order valence-electron chi connectivity index (χ3n) is 5.38. The van der Waals surface area contributed by atoms with E-state index in [9.17, 15) is 19.6 Å². The molecular weight excluding hydrogens is 638 g/mol. The Balaban J connectivity index is 1.43. The smallest absolute Gasteiger partial charge is 0.294 e. The van der Waals surface area contributed by atoms with Crippen molar-refractivity contribution in [2.75, 3.05) is 19.0 Å². The molecule has 0 aromatic heterocycles. The first-order valence-corrected chi connectivity index (χ1v) is 13.5. The molecule has 0 atom stereocenters. The molecule has 11 heteroatoms. The predicted octanol–water partition coefficient (Wildman–Crippen LogP) is 6.35. The van der Waals surface area contributed by atoms with Crippen molar-refractivity contribution in [1.29, 1.82) is 5.26 Å². The van der Waals surface area contributed by atoms with E-state index >= 15 is 0 Å². The zero-order chi connectivity index (χ0) is 27.2. The van der Waals surface area contributed by atoms with Crippen molar-refractivity contribution in [3.05, 3.63) is 91.2 Å². The minimum atomic E-state index is -0.550. The minimum Gasteiger partial charge on any atom is -0.497 e. The van der Waals surface area contributed by atoms with Crippen molar-refractivity contribution in [2.24, 2.45) is 0 Å². The zero-order valence-electron chi connectivity index (χ0n) is 19.9. The standard InChI is InChI=1S/C27H19Br2N3O5S/c1-36-20-8-6-19(7-9-20)31-24(33)14-32-26(34)23(38-27(32)35)12-16-10-21(28)25(22(29)11-16)37-15-18-5-3-2-4-17(18)13-30/h2-12H,14-15H2,1H3,(H,31,33)/b23-12+. The number of hydrogen-bond donors (Lipinski definition) is 1. The van der Waals surface area contributed by atoms with Crippen LogP contribution in [0.4, 0.5) is 10.5 Å². The third kappa shape index (κ3) is 6.45. The van der Waals surface area contributed by atoms with Crippen LogP contribution in [0, 0.1) is 11.3 Å². The number of thioether (sulfide) groups is 1. The van der Waals surface area contributed by atoms with Gasteiger partial charge in [0.1, 0.15) is 24.7 Å². The molecule has 1 fully saturated rings. The van der Waals surface area contributed by atoms with E-state index in [0.29, 0.717) is 37.3 Å². The maximum absolute atomic E-state index is 12.9. The number of carbonyl (C=O) groups excluding carboxylic acids is 3. The Morgan fingerprint density at radius 1 is 1.11 bits per heavy atom. The van der Waals surface area contributed by atoms with Crippen LogP contribution in [0.2, 0.25) is 0 Å². The molecule has 1 aliphatic heterocycles. The fraction of sp³-hybridized carbons (Fsp3) is 0.111. The topological polar surface area (TPSA) is 109 Å². The van der Waals surface area contributed by atoms with E-state index in [0.717, 1.165) is 22.2 Å². The Labute approximate surface area is 239 Å². The quantitative estimate of drug-likeness (QED) is 0.282. The van der Waals surface area contributed by atoms with Crippen molar-refractivity contribution in [3.8, 4) is 17.6 Å². The van der Waals surface area contributed by atoms with Crippen LogP contribution in [0.15, 0.2) is 74.5 Å². The molecule has 3 amide bonds. The summed E-state index contributed by atoms with van der Waals surface area (Å²) >= 11 is 7.75. The lowest BCUT2D eigenvalue weighted by Gasteiger charge is -2.13. The number of nitrogens with zero attached hydrogens (tertiary/aromatic N) is 2. The van der Waals surface area contributed by atoms with Gasteiger partial charge in [0.2, 0.25) is 5.91 Å². The number of methoxy groups -OCH3 is 1. The van der Waals surface area contributed by atoms with E-state index in [2.05, 4.69) is 43.2 Å². The highest BCUT2D eigenvalue weighted by Crippen LogP contribution is 2.38. The summed E-state index contributed by atoms with van der Waals surface area (Å²) in [5.41, 5.74) is 2.44. The number of ether oxygens (including phenoxy) is 2. The number of amides is 3. The molecule has 1 heterocycles. The summed E-state index contributed by atoms with van der Waals surface area (Å²) in [7, 11) is 1.54. The fourth-order valence-corrected chi connectivity index (χ4v) is 5.80. The van der Waals surface area contributed by atoms with Crippen molar-refractivity contribution >= 4 is 72.4 Å². The van der Waals surface area contributed by atoms with Gasteiger partial charge in [-0.1, -0.05) is 18.2 Å². The second-order valence-electron chi connectivity index (χ2n) is 7.92. The predicted molar refractivity (Wildman–Crippen MR) is 152 cm³/mol. The van der Waals surface area contributed by atoms with Gasteiger partial charge in [-0.2, -0.15) is 5.26 Å². The van der Waals surface area contributed by atoms with E-state index in [1.54, 1.807) is 61.7 Å². The SMILES string of the molecule is COc1ccc(NC(=O)CN2C(=O)S/C(=C/c3cc(Br)c(OCc4ccccc4C#N)c(Br)c3)C2=O)cc1. The van der Waals surface area contributed by atoms with Gasteiger partial charge in [0.05, 0.1) is 32.6 Å². The molecule has 1 N–H and O–H groups in total. The van der Waals surface area contributed by atoms with Crippen LogP contribution < -0.4 is 14.8 Å². The number of hydrogen-bond acceptors (Lipinski definition) is 7. The Kier molecular flexibility index (Phi) is 8.89. The molecule has 1 aliphatic rings. The minimum absolute atomic E-state index is 0.192. The Bertz CT molecular complexity index is 1460. The van der Waals surface area contributed by atoms with Gasteiger partial charge in [0.15, 0.2) is 0 Å². The van der Waals surface area contributed by atoms with Gasteiger partial charge < -0.3 is 14.8 Å². The van der Waals surface area contributed by atoms with Gasteiger partial charge in [-0.25, -0.2) is 0 Å². The molecule has 0 radical (unpaired) electrons. The van der Waals surface area contributed by atoms with Crippen molar-refractivity contribution in [2.45, 2.75) is 6.61 Å². The number of halogens is 2. The molecule has 3 aromatic rings. The summed E-state index contributed by atoms with van der Waals surface area (Å²) in [6.07, 6.45) is 1.58. The highest BCUT2D eigenvalue weighted by atomic mass is 79.9. The summed E-state index contributed by atoms with van der Waals surface area (Å²) in [5, 5.41) is 11.4. The Hall–Kier alpha value is -3.59. The van der Waals surface area contributed by atoms with E-state index in [-0.39, 0.29) is 11.5 Å². The maximum atomic E-state index is 12.9. The lowest BCUT2D eigenvalue weighted by atomic mass is 10.1. The van der Waals surface area contributed by atoms with Crippen LogP contribution in [0.5, 0.6) is 11.5 Å². The summed E-state index contributed by atoms with van der Waals surface area (Å²) in [6.45, 7) is -0.212. The second-order valence-corrected chi connectivity index (χ2v) is 10.6. The van der Waals surface area contributed by atoms with Crippen LogP contribution in [-0.4, -0.2) is 35.6 Å². The lowest BCUT2D eigenvalue weighted by Crippen LogP contribution is -2.36. The first-order chi connectivity index (χ1) is 18.3. The van der Waals surface area contributed by atoms with Crippen LogP contribution in [0.1, 0.15) is 16.7 Å². The average molecular weight is 657 g/mol. The van der Waals surface area contributed by atoms with Gasteiger partial charge in [0.25, 0.3) is 11.1 Å². The van der Waals surface area contributed by atoms with Gasteiger partial charge in [-0.15, -0.1) is 0 Å². The number of imide groups is 1. The van der Waals surface area contributed by atoms with Gasteiger partial charge >= 0.3 is 0 Å². The molecule has 0 aliphatic carbocycles. The second kappa shape index (κ2) is 12.3. The summed E-state index contributed by atoms with van der Waals surface area (Å²) in [4.78, 5) is 38.9. The number of rotatable bonds is 8. The zero-order valence-corrected chi connectivity index (χ0v) is 23.9. The normalized spacial score (nSPS) is 13.9. The summed E-state index contributed by atoms with van der Waals surface area (Å²) in [6, 6.07) is 19.5. The monoisotopic (exact) mass is 655 g/mol. The third-order valence-corrected chi connectivity index (χ3v) is 7.46. The molecular formula is C27H19Br2N3O5S. The van der Waals surface area contributed by atoms with Crippen LogP contribution in [0.25, 0.3) is 6.08 Å². The number of nitriles is 1. The molecule has 1 saturated heterocycles. The van der Waals surface area contributed by atoms with Crippen molar-refractivity contribution in [3.63, 3.8) is 0 Å². The molecule has 0 spiro atoms. The van der Waals surface area contributed by atoms with Crippen LogP contribution in [-0.2, 0) is 16.2 Å². The highest BCUT2D eigenvalue weighted by Gasteiger charge is 2.36. The highest BCUT2D eigenvalue weighted by molar-refractivity contribution is 9.11. The number of nitrogens with one attached hydrogen (secondary N) is 1. The van der Waals surface area contributed by atoms with Crippen LogP contribution >= 0.6 is 43.6 Å². The Morgan fingerprint density at radius 2 is 1.79 bits per heavy atom. The average Bonchev–Trinajstić information content (AvgIpc) is 3.16. The van der Waals surface area contributed by atoms with E-state index in [4.69, 9.17) is 9.47 Å². The lowest BCUT2D eigenvalue weighted by molar-refractivity contribution is -0.127. The van der Waals surface area contributed by atoms with Crippen LogP contribution in [0.3, 0.4) is 0 Å². The molecule has 0 saturated carbocycles.